The topological polar surface area (TPSA) is 72.9 Å². The molecule has 2 heterocycles. The van der Waals surface area contributed by atoms with Gasteiger partial charge in [-0.1, -0.05) is 64.2 Å². The van der Waals surface area contributed by atoms with Crippen molar-refractivity contribution in [3.63, 3.8) is 0 Å². The smallest absolute Gasteiger partial charge is 0.322 e. The number of hydrogen-bond acceptors (Lipinski definition) is 5. The van der Waals surface area contributed by atoms with Crippen molar-refractivity contribution >= 4 is 26.0 Å². The molecule has 2 aliphatic heterocycles. The second-order valence-corrected chi connectivity index (χ2v) is 17.3. The molecule has 0 aromatic rings. The van der Waals surface area contributed by atoms with Crippen LogP contribution in [-0.2, 0) is 23.5 Å². The third-order valence-corrected chi connectivity index (χ3v) is 14.1. The molecule has 0 aromatic heterocycles. The highest BCUT2D eigenvalue weighted by Gasteiger charge is 2.72. The van der Waals surface area contributed by atoms with Crippen molar-refractivity contribution in [1.82, 2.24) is 4.90 Å². The normalized spacial score (nSPS) is 32.3. The summed E-state index contributed by atoms with van der Waals surface area (Å²) in [5, 5.41) is 0.0204. The number of fused-ring (bicyclic) bond motifs is 1. The molecule has 2 aliphatic carbocycles. The van der Waals surface area contributed by atoms with Crippen LogP contribution < -0.4 is 0 Å². The van der Waals surface area contributed by atoms with Crippen molar-refractivity contribution in [2.75, 3.05) is 20.3 Å². The molecule has 2 bridgehead atoms. The molecule has 6 nitrogen and oxygen atoms in total. The van der Waals surface area contributed by atoms with E-state index in [1.54, 1.807) is 0 Å². The molecule has 0 aromatic carbocycles. The van der Waals surface area contributed by atoms with Gasteiger partial charge in [-0.3, -0.25) is 14.4 Å². The molecular formula is C29H41NO5Si. The van der Waals surface area contributed by atoms with Gasteiger partial charge in [0.15, 0.2) is 19.5 Å². The Morgan fingerprint density at radius 2 is 1.97 bits per heavy atom. The Hall–Kier alpha value is -2.25. The van der Waals surface area contributed by atoms with Crippen molar-refractivity contribution < 1.29 is 23.5 Å². The number of Topliss-reactive ketones (excluding diaryl/α,β-unsaturated/α-hetero) is 1. The molecular weight excluding hydrogens is 470 g/mol. The summed E-state index contributed by atoms with van der Waals surface area (Å²) in [4.78, 5) is 41.7. The van der Waals surface area contributed by atoms with Gasteiger partial charge in [-0.15, -0.1) is 0 Å². The highest BCUT2D eigenvalue weighted by atomic mass is 28.4. The van der Waals surface area contributed by atoms with Crippen molar-refractivity contribution in [2.24, 2.45) is 16.7 Å². The van der Waals surface area contributed by atoms with Gasteiger partial charge in [0, 0.05) is 42.5 Å². The van der Waals surface area contributed by atoms with Crippen molar-refractivity contribution in [1.29, 1.82) is 0 Å². The summed E-state index contributed by atoms with van der Waals surface area (Å²) in [7, 11) is -0.715. The summed E-state index contributed by atoms with van der Waals surface area (Å²) in [6, 6.07) is -0.114. The average Bonchev–Trinajstić information content (AvgIpc) is 3.29. The predicted octanol–water partition coefficient (Wildman–Crippen LogP) is 5.14. The zero-order valence-electron chi connectivity index (χ0n) is 22.9. The van der Waals surface area contributed by atoms with Crippen molar-refractivity contribution in [3.8, 4) is 0 Å². The Morgan fingerprint density at radius 3 is 2.56 bits per heavy atom. The fourth-order valence-electron chi connectivity index (χ4n) is 6.30. The SMILES string of the molecule is C=C1CN2C(=O)[C@](CCO[Si](C)(C)C(C)(C)C)(C(=O)OC)[C@@]3(C)C=C(/C=C/C4=CCCC4=O)C1CC23. The number of esters is 1. The fourth-order valence-corrected chi connectivity index (χ4v) is 7.35. The van der Waals surface area contributed by atoms with Gasteiger partial charge in [-0.25, -0.2) is 0 Å². The third kappa shape index (κ3) is 3.90. The van der Waals surface area contributed by atoms with Crippen LogP contribution in [0.3, 0.4) is 0 Å². The van der Waals surface area contributed by atoms with E-state index < -0.39 is 25.1 Å². The quantitative estimate of drug-likeness (QED) is 0.205. The number of amides is 1. The minimum absolute atomic E-state index is 0.0204. The number of piperidine rings is 1. The molecule has 0 spiro atoms. The lowest BCUT2D eigenvalue weighted by Gasteiger charge is -2.48. The summed E-state index contributed by atoms with van der Waals surface area (Å²) in [6.07, 6.45) is 10.3. The molecule has 0 saturated carbocycles. The first-order chi connectivity index (χ1) is 16.7. The zero-order valence-corrected chi connectivity index (χ0v) is 23.9. The molecule has 196 valence electrons. The number of allylic oxidation sites excluding steroid dienone is 5. The van der Waals surface area contributed by atoms with E-state index in [-0.39, 0.29) is 35.1 Å². The first-order valence-corrected chi connectivity index (χ1v) is 16.0. The molecule has 4 aliphatic rings. The van der Waals surface area contributed by atoms with Crippen molar-refractivity contribution in [3.05, 3.63) is 47.6 Å². The Bertz CT molecular complexity index is 1090. The van der Waals surface area contributed by atoms with Crippen LogP contribution in [0.15, 0.2) is 47.6 Å². The van der Waals surface area contributed by atoms with Gasteiger partial charge in [-0.05, 0) is 43.0 Å². The van der Waals surface area contributed by atoms with Crippen LogP contribution in [0.4, 0.5) is 0 Å². The molecule has 2 fully saturated rings. The van der Waals surface area contributed by atoms with Crippen LogP contribution in [0.25, 0.3) is 0 Å². The standard InChI is InChI=1S/C29H41NO5Si/c1-19-18-30-24-16-22(19)21(13-12-20-10-9-11-23(20)31)17-28(24,5)29(25(30)32,26(33)34-6)14-15-35-36(7,8)27(2,3)4/h10,12-13,17,22,24H,1,9,11,14-16,18H2,2-8H3/b13-12+/t22?,24?,28-,29+/m0/s1. The molecule has 0 radical (unpaired) electrons. The van der Waals surface area contributed by atoms with Gasteiger partial charge < -0.3 is 14.1 Å². The number of hydrogen-bond donors (Lipinski definition) is 0. The second kappa shape index (κ2) is 8.94. The number of carbonyl (C=O) groups is 3. The molecule has 0 N–H and O–H groups in total. The highest BCUT2D eigenvalue weighted by Crippen LogP contribution is 2.62. The number of ketones is 1. The summed E-state index contributed by atoms with van der Waals surface area (Å²) in [6.45, 7) is 18.0. The number of rotatable bonds is 7. The molecule has 36 heavy (non-hydrogen) atoms. The van der Waals surface area contributed by atoms with Crippen molar-refractivity contribution in [2.45, 2.75) is 77.6 Å². The first-order valence-electron chi connectivity index (χ1n) is 13.0. The van der Waals surface area contributed by atoms with Gasteiger partial charge in [0.05, 0.1) is 7.11 Å². The van der Waals surface area contributed by atoms with Crippen LogP contribution in [0.5, 0.6) is 0 Å². The van der Waals surface area contributed by atoms with E-state index in [0.29, 0.717) is 26.0 Å². The molecule has 1 amide bonds. The monoisotopic (exact) mass is 511 g/mol. The van der Waals surface area contributed by atoms with Crippen LogP contribution in [0.1, 0.15) is 53.4 Å². The number of nitrogens with zero attached hydrogens (tertiary/aromatic N) is 1. The van der Waals surface area contributed by atoms with Crippen LogP contribution >= 0.6 is 0 Å². The van der Waals surface area contributed by atoms with E-state index >= 15 is 0 Å². The summed E-state index contributed by atoms with van der Waals surface area (Å²) in [5.41, 5.74) is 0.579. The highest BCUT2D eigenvalue weighted by molar-refractivity contribution is 6.74. The van der Waals surface area contributed by atoms with Crippen LogP contribution in [-0.4, -0.2) is 57.2 Å². The molecule has 2 saturated heterocycles. The molecule has 4 atom stereocenters. The van der Waals surface area contributed by atoms with Crippen LogP contribution in [0.2, 0.25) is 18.1 Å². The fraction of sp³-hybridized carbons (Fsp3) is 0.621. The lowest BCUT2D eigenvalue weighted by molar-refractivity contribution is -0.164. The summed E-state index contributed by atoms with van der Waals surface area (Å²) < 4.78 is 11.8. The summed E-state index contributed by atoms with van der Waals surface area (Å²) in [5.74, 6) is -0.434. The van der Waals surface area contributed by atoms with E-state index in [1.165, 1.54) is 7.11 Å². The zero-order chi connectivity index (χ0) is 26.7. The van der Waals surface area contributed by atoms with Gasteiger partial charge in [0.25, 0.3) is 0 Å². The minimum Gasteiger partial charge on any atom is -0.468 e. The predicted molar refractivity (Wildman–Crippen MR) is 143 cm³/mol. The Morgan fingerprint density at radius 1 is 1.28 bits per heavy atom. The Balaban J connectivity index is 1.76. The molecule has 4 rings (SSSR count). The number of methoxy groups -OCH3 is 1. The second-order valence-electron chi connectivity index (χ2n) is 12.5. The number of ether oxygens (including phenoxy) is 1. The maximum atomic E-state index is 14.1. The lowest BCUT2D eigenvalue weighted by Crippen LogP contribution is -2.53. The number of carbonyl (C=O) groups excluding carboxylic acids is 3. The van der Waals surface area contributed by atoms with Crippen LogP contribution in [0, 0.1) is 16.7 Å². The minimum atomic E-state index is -2.08. The maximum absolute atomic E-state index is 14.1. The molecule has 7 heteroatoms. The van der Waals surface area contributed by atoms with E-state index in [4.69, 9.17) is 9.16 Å². The Labute approximate surface area is 216 Å². The molecule has 2 unspecified atom stereocenters. The first kappa shape index (κ1) is 26.8. The third-order valence-electron chi connectivity index (χ3n) is 9.60. The van der Waals surface area contributed by atoms with E-state index in [2.05, 4.69) is 46.5 Å². The van der Waals surface area contributed by atoms with E-state index in [1.807, 2.05) is 30.1 Å². The van der Waals surface area contributed by atoms with Gasteiger partial charge in [0.2, 0.25) is 5.91 Å². The maximum Gasteiger partial charge on any atom is 0.322 e. The van der Waals surface area contributed by atoms with E-state index in [0.717, 1.165) is 23.1 Å². The average molecular weight is 512 g/mol. The van der Waals surface area contributed by atoms with Gasteiger partial charge in [-0.2, -0.15) is 0 Å². The lowest BCUT2D eigenvalue weighted by atomic mass is 9.56. The largest absolute Gasteiger partial charge is 0.468 e. The summed E-state index contributed by atoms with van der Waals surface area (Å²) >= 11 is 0. The Kier molecular flexibility index (Phi) is 6.66. The van der Waals surface area contributed by atoms with Gasteiger partial charge >= 0.3 is 5.97 Å². The van der Waals surface area contributed by atoms with Gasteiger partial charge in [0.1, 0.15) is 0 Å². The van der Waals surface area contributed by atoms with E-state index in [9.17, 15) is 14.4 Å².